The number of benzene rings is 4. The molecule has 3 atom stereocenters. The van der Waals surface area contributed by atoms with Crippen LogP contribution in [0.1, 0.15) is 63.5 Å². The van der Waals surface area contributed by atoms with Crippen molar-refractivity contribution in [1.29, 1.82) is 0 Å². The van der Waals surface area contributed by atoms with Crippen molar-refractivity contribution in [3.05, 3.63) is 112 Å². The van der Waals surface area contributed by atoms with E-state index < -0.39 is 23.3 Å². The Morgan fingerprint density at radius 1 is 1.00 bits per heavy atom. The number of rotatable bonds is 6. The molecular weight excluding hydrogens is 491 g/mol. The topological polar surface area (TPSA) is 58.6 Å². The van der Waals surface area contributed by atoms with Crippen molar-refractivity contribution in [3.63, 3.8) is 0 Å². The second-order valence-corrected chi connectivity index (χ2v) is 9.77. The SMILES string of the molecule is Cc1c([C@H]2C[C@H](CN[C@H](C)c3cccc4ccccc34)Oc3ccccc32)ccc(C(=O)O)c1C(F)(F)F. The second kappa shape index (κ2) is 10.1. The molecule has 4 nitrogen and oxygen atoms in total. The maximum absolute atomic E-state index is 14.0. The first kappa shape index (κ1) is 25.8. The quantitative estimate of drug-likeness (QED) is 0.277. The predicted molar refractivity (Wildman–Crippen MR) is 141 cm³/mol. The van der Waals surface area contributed by atoms with Gasteiger partial charge < -0.3 is 15.2 Å². The molecule has 2 N–H and O–H groups in total. The highest BCUT2D eigenvalue weighted by atomic mass is 19.4. The monoisotopic (exact) mass is 519 g/mol. The lowest BCUT2D eigenvalue weighted by Gasteiger charge is -2.34. The van der Waals surface area contributed by atoms with Gasteiger partial charge in [-0.15, -0.1) is 0 Å². The van der Waals surface area contributed by atoms with Gasteiger partial charge in [0, 0.05) is 24.1 Å². The maximum Gasteiger partial charge on any atom is 0.417 e. The molecule has 0 aromatic heterocycles. The van der Waals surface area contributed by atoms with Gasteiger partial charge in [-0.05, 0) is 59.9 Å². The molecule has 5 rings (SSSR count). The third-order valence-electron chi connectivity index (χ3n) is 7.42. The Morgan fingerprint density at radius 2 is 1.71 bits per heavy atom. The number of halogens is 3. The number of para-hydroxylation sites is 1. The third kappa shape index (κ3) is 4.86. The van der Waals surface area contributed by atoms with E-state index in [1.807, 2.05) is 42.5 Å². The second-order valence-electron chi connectivity index (χ2n) is 9.77. The van der Waals surface area contributed by atoms with Crippen LogP contribution in [-0.2, 0) is 6.18 Å². The predicted octanol–water partition coefficient (Wildman–Crippen LogP) is 7.50. The van der Waals surface area contributed by atoms with Crippen molar-refractivity contribution in [2.75, 3.05) is 6.54 Å². The van der Waals surface area contributed by atoms with Crippen LogP contribution in [0.5, 0.6) is 5.75 Å². The van der Waals surface area contributed by atoms with Crippen LogP contribution in [0.25, 0.3) is 10.8 Å². The minimum absolute atomic E-state index is 0.0220. The van der Waals surface area contributed by atoms with Gasteiger partial charge in [0.15, 0.2) is 0 Å². The fourth-order valence-corrected chi connectivity index (χ4v) is 5.61. The van der Waals surface area contributed by atoms with E-state index in [9.17, 15) is 23.1 Å². The van der Waals surface area contributed by atoms with E-state index in [-0.39, 0.29) is 23.6 Å². The van der Waals surface area contributed by atoms with E-state index in [0.29, 0.717) is 24.3 Å². The Morgan fingerprint density at radius 3 is 2.47 bits per heavy atom. The minimum atomic E-state index is -4.78. The number of ether oxygens (including phenoxy) is 1. The van der Waals surface area contributed by atoms with Crippen LogP contribution >= 0.6 is 0 Å². The summed E-state index contributed by atoms with van der Waals surface area (Å²) >= 11 is 0. The van der Waals surface area contributed by atoms with E-state index in [1.165, 1.54) is 13.0 Å². The Bertz CT molecular complexity index is 1490. The smallest absolute Gasteiger partial charge is 0.417 e. The van der Waals surface area contributed by atoms with Crippen LogP contribution in [0, 0.1) is 6.92 Å². The Balaban J connectivity index is 1.45. The van der Waals surface area contributed by atoms with Crippen molar-refractivity contribution in [2.45, 2.75) is 44.5 Å². The highest BCUT2D eigenvalue weighted by molar-refractivity contribution is 5.90. The van der Waals surface area contributed by atoms with Gasteiger partial charge in [0.1, 0.15) is 11.9 Å². The van der Waals surface area contributed by atoms with Crippen LogP contribution in [0.15, 0.2) is 78.9 Å². The molecule has 1 aliphatic rings. The van der Waals surface area contributed by atoms with Crippen LogP contribution < -0.4 is 10.1 Å². The number of hydrogen-bond donors (Lipinski definition) is 2. The number of carbonyl (C=O) groups is 1. The molecule has 1 aliphatic heterocycles. The first-order chi connectivity index (χ1) is 18.1. The lowest BCUT2D eigenvalue weighted by Crippen LogP contribution is -2.37. The normalized spacial score (nSPS) is 18.0. The summed E-state index contributed by atoms with van der Waals surface area (Å²) in [6.07, 6.45) is -4.62. The Hall–Kier alpha value is -3.84. The molecule has 0 saturated carbocycles. The van der Waals surface area contributed by atoms with Crippen molar-refractivity contribution < 1.29 is 27.8 Å². The van der Waals surface area contributed by atoms with Gasteiger partial charge in [0.25, 0.3) is 0 Å². The van der Waals surface area contributed by atoms with Crippen LogP contribution in [-0.4, -0.2) is 23.7 Å². The summed E-state index contributed by atoms with van der Waals surface area (Å²) in [6.45, 7) is 3.94. The molecule has 0 fully saturated rings. The zero-order valence-electron chi connectivity index (χ0n) is 21.0. The lowest BCUT2D eigenvalue weighted by atomic mass is 9.80. The standard InChI is InChI=1S/C31H28F3NO3/c1-18-22(14-15-26(30(36)37)29(18)31(32,33)34)27-16-21(38-28-13-6-5-11-25(27)28)17-35-19(2)23-12-7-9-20-8-3-4-10-24(20)23/h3-15,19,21,27,35H,16-17H2,1-2H3,(H,36,37)/t19-,21-,27-/m1/s1. The average Bonchev–Trinajstić information content (AvgIpc) is 2.90. The molecule has 38 heavy (non-hydrogen) atoms. The number of alkyl halides is 3. The highest BCUT2D eigenvalue weighted by Crippen LogP contribution is 2.44. The molecule has 0 spiro atoms. The van der Waals surface area contributed by atoms with Crippen LogP contribution in [0.3, 0.4) is 0 Å². The van der Waals surface area contributed by atoms with Gasteiger partial charge in [-0.25, -0.2) is 4.79 Å². The van der Waals surface area contributed by atoms with E-state index in [4.69, 9.17) is 4.74 Å². The van der Waals surface area contributed by atoms with Gasteiger partial charge in [0.2, 0.25) is 0 Å². The van der Waals surface area contributed by atoms with Gasteiger partial charge >= 0.3 is 12.1 Å². The third-order valence-corrected chi connectivity index (χ3v) is 7.42. The molecule has 7 heteroatoms. The average molecular weight is 520 g/mol. The number of hydrogen-bond acceptors (Lipinski definition) is 3. The highest BCUT2D eigenvalue weighted by Gasteiger charge is 2.40. The van der Waals surface area contributed by atoms with E-state index in [2.05, 4.69) is 36.5 Å². The molecule has 0 unspecified atom stereocenters. The molecular formula is C31H28F3NO3. The Labute approximate surface area is 219 Å². The fourth-order valence-electron chi connectivity index (χ4n) is 5.61. The molecule has 4 aromatic carbocycles. The van der Waals surface area contributed by atoms with Crippen molar-refractivity contribution in [1.82, 2.24) is 5.32 Å². The minimum Gasteiger partial charge on any atom is -0.489 e. The summed E-state index contributed by atoms with van der Waals surface area (Å²) in [5.74, 6) is -1.34. The largest absolute Gasteiger partial charge is 0.489 e. The zero-order valence-corrected chi connectivity index (χ0v) is 21.0. The number of fused-ring (bicyclic) bond motifs is 2. The molecule has 1 heterocycles. The van der Waals surface area contributed by atoms with Crippen LogP contribution in [0.4, 0.5) is 13.2 Å². The maximum atomic E-state index is 14.0. The van der Waals surface area contributed by atoms with E-state index in [0.717, 1.165) is 28.0 Å². The summed E-state index contributed by atoms with van der Waals surface area (Å²) in [6, 6.07) is 24.3. The molecule has 0 saturated heterocycles. The van der Waals surface area contributed by atoms with E-state index in [1.54, 1.807) is 0 Å². The summed E-state index contributed by atoms with van der Waals surface area (Å²) in [4.78, 5) is 11.6. The van der Waals surface area contributed by atoms with Gasteiger partial charge in [0.05, 0.1) is 11.1 Å². The zero-order chi connectivity index (χ0) is 27.0. The van der Waals surface area contributed by atoms with Crippen LogP contribution in [0.2, 0.25) is 0 Å². The van der Waals surface area contributed by atoms with Gasteiger partial charge in [-0.3, -0.25) is 0 Å². The summed E-state index contributed by atoms with van der Waals surface area (Å²) in [7, 11) is 0. The van der Waals surface area contributed by atoms with Crippen molar-refractivity contribution >= 4 is 16.7 Å². The van der Waals surface area contributed by atoms with Gasteiger partial charge in [-0.1, -0.05) is 66.7 Å². The summed E-state index contributed by atoms with van der Waals surface area (Å²) in [5, 5.41) is 15.3. The molecule has 4 aromatic rings. The molecule has 196 valence electrons. The first-order valence-corrected chi connectivity index (χ1v) is 12.6. The Kier molecular flexibility index (Phi) is 6.88. The molecule has 0 radical (unpaired) electrons. The molecule has 0 bridgehead atoms. The van der Waals surface area contributed by atoms with Crippen molar-refractivity contribution in [3.8, 4) is 5.75 Å². The number of carboxylic acid groups (broad SMARTS) is 1. The molecule has 0 aliphatic carbocycles. The summed E-state index contributed by atoms with van der Waals surface area (Å²) < 4.78 is 48.2. The van der Waals surface area contributed by atoms with Gasteiger partial charge in [-0.2, -0.15) is 13.2 Å². The number of aromatic carboxylic acids is 1. The number of nitrogens with one attached hydrogen (secondary N) is 1. The molecule has 0 amide bonds. The first-order valence-electron chi connectivity index (χ1n) is 12.6. The lowest BCUT2D eigenvalue weighted by molar-refractivity contribution is -0.138. The van der Waals surface area contributed by atoms with Crippen molar-refractivity contribution in [2.24, 2.45) is 0 Å². The summed E-state index contributed by atoms with van der Waals surface area (Å²) in [5.41, 5.74) is 0.531. The number of carboxylic acids is 1. The fraction of sp³-hybridized carbons (Fsp3) is 0.258. The van der Waals surface area contributed by atoms with E-state index >= 15 is 0 Å².